The van der Waals surface area contributed by atoms with E-state index in [-0.39, 0.29) is 23.9 Å². The zero-order valence-corrected chi connectivity index (χ0v) is 21.0. The molecule has 1 amide bonds. The highest BCUT2D eigenvalue weighted by Crippen LogP contribution is 2.18. The van der Waals surface area contributed by atoms with Crippen molar-refractivity contribution < 1.29 is 14.7 Å². The van der Waals surface area contributed by atoms with Gasteiger partial charge in [-0.25, -0.2) is 4.79 Å². The lowest BCUT2D eigenvalue weighted by Crippen LogP contribution is -2.36. The number of hydrogen-bond donors (Lipinski definition) is 2. The standard InChI is InChI=1S/C28H51NO3/c1-2-3-4-5-6-7-8-9-10-11-12-13-14-15-16-18-21-25(28(31)32)24-27(30)29-26-22-19-17-20-23-26/h21,26H,2-20,22-24H2,1H3,(H,29,30)(H,31,32). The monoisotopic (exact) mass is 449 g/mol. The summed E-state index contributed by atoms with van der Waals surface area (Å²) in [5.74, 6) is -1.09. The summed E-state index contributed by atoms with van der Waals surface area (Å²) >= 11 is 0. The Hall–Kier alpha value is -1.32. The van der Waals surface area contributed by atoms with Crippen molar-refractivity contribution in [3.05, 3.63) is 11.6 Å². The maximum atomic E-state index is 12.2. The molecule has 0 saturated heterocycles. The number of carbonyl (C=O) groups excluding carboxylic acids is 1. The molecule has 2 N–H and O–H groups in total. The SMILES string of the molecule is CCCCCCCCCCCCCCCCCC=C(CC(=O)NC1CCCCC1)C(=O)O. The van der Waals surface area contributed by atoms with Crippen molar-refractivity contribution in [2.45, 2.75) is 154 Å². The molecule has 186 valence electrons. The van der Waals surface area contributed by atoms with Gasteiger partial charge in [-0.1, -0.05) is 122 Å². The van der Waals surface area contributed by atoms with Crippen LogP contribution in [0.15, 0.2) is 11.6 Å². The largest absolute Gasteiger partial charge is 0.478 e. The van der Waals surface area contributed by atoms with E-state index in [1.165, 1.54) is 89.9 Å². The van der Waals surface area contributed by atoms with Gasteiger partial charge in [0.2, 0.25) is 5.91 Å². The van der Waals surface area contributed by atoms with Crippen molar-refractivity contribution in [3.8, 4) is 0 Å². The fourth-order valence-corrected chi connectivity index (χ4v) is 4.73. The van der Waals surface area contributed by atoms with Crippen LogP contribution in [-0.2, 0) is 9.59 Å². The molecule has 0 aliphatic heterocycles. The van der Waals surface area contributed by atoms with Crippen molar-refractivity contribution in [1.82, 2.24) is 5.32 Å². The average Bonchev–Trinajstić information content (AvgIpc) is 2.78. The van der Waals surface area contributed by atoms with Gasteiger partial charge in [-0.05, 0) is 25.7 Å². The van der Waals surface area contributed by atoms with E-state index in [9.17, 15) is 14.7 Å². The first-order chi connectivity index (χ1) is 15.6. The van der Waals surface area contributed by atoms with E-state index in [2.05, 4.69) is 12.2 Å². The number of amides is 1. The molecule has 1 fully saturated rings. The Kier molecular flexibility index (Phi) is 18.2. The van der Waals surface area contributed by atoms with E-state index < -0.39 is 5.97 Å². The summed E-state index contributed by atoms with van der Waals surface area (Å²) in [5, 5.41) is 12.4. The molecule has 0 radical (unpaired) electrons. The van der Waals surface area contributed by atoms with Gasteiger partial charge in [-0.3, -0.25) is 4.79 Å². The van der Waals surface area contributed by atoms with Crippen molar-refractivity contribution in [3.63, 3.8) is 0 Å². The van der Waals surface area contributed by atoms with Crippen LogP contribution in [0.1, 0.15) is 148 Å². The van der Waals surface area contributed by atoms with Crippen LogP contribution in [-0.4, -0.2) is 23.0 Å². The first kappa shape index (κ1) is 28.7. The molecule has 4 nitrogen and oxygen atoms in total. The average molecular weight is 450 g/mol. The number of allylic oxidation sites excluding steroid dienone is 1. The molecule has 0 aromatic heterocycles. The molecule has 1 aliphatic carbocycles. The molecule has 4 heteroatoms. The highest BCUT2D eigenvalue weighted by molar-refractivity contribution is 5.94. The molecule has 32 heavy (non-hydrogen) atoms. The van der Waals surface area contributed by atoms with Crippen LogP contribution in [0, 0.1) is 0 Å². The number of hydrogen-bond acceptors (Lipinski definition) is 2. The van der Waals surface area contributed by atoms with Crippen LogP contribution in [0.4, 0.5) is 0 Å². The van der Waals surface area contributed by atoms with Gasteiger partial charge in [-0.2, -0.15) is 0 Å². The molecule has 0 atom stereocenters. The minimum atomic E-state index is -0.954. The number of unbranched alkanes of at least 4 members (excludes halogenated alkanes) is 15. The predicted octanol–water partition coefficient (Wildman–Crippen LogP) is 8.10. The second kappa shape index (κ2) is 20.3. The van der Waals surface area contributed by atoms with Crippen LogP contribution in [0.3, 0.4) is 0 Å². The smallest absolute Gasteiger partial charge is 0.331 e. The third-order valence-corrected chi connectivity index (χ3v) is 6.79. The summed E-state index contributed by atoms with van der Waals surface area (Å²) < 4.78 is 0. The van der Waals surface area contributed by atoms with Crippen LogP contribution in [0.25, 0.3) is 0 Å². The summed E-state index contributed by atoms with van der Waals surface area (Å²) in [6.45, 7) is 2.27. The van der Waals surface area contributed by atoms with Crippen LogP contribution in [0.5, 0.6) is 0 Å². The molecular weight excluding hydrogens is 398 g/mol. The fraction of sp³-hybridized carbons (Fsp3) is 0.857. The molecular formula is C28H51NO3. The first-order valence-corrected chi connectivity index (χ1v) is 13.8. The maximum Gasteiger partial charge on any atom is 0.331 e. The Balaban J connectivity index is 1.97. The summed E-state index contributed by atoms with van der Waals surface area (Å²) in [7, 11) is 0. The van der Waals surface area contributed by atoms with Gasteiger partial charge in [0.25, 0.3) is 0 Å². The number of rotatable bonds is 20. The zero-order valence-electron chi connectivity index (χ0n) is 21.0. The van der Waals surface area contributed by atoms with Crippen molar-refractivity contribution in [2.24, 2.45) is 0 Å². The predicted molar refractivity (Wildman–Crippen MR) is 135 cm³/mol. The minimum Gasteiger partial charge on any atom is -0.478 e. The lowest BCUT2D eigenvalue weighted by molar-refractivity contribution is -0.134. The Morgan fingerprint density at radius 1 is 0.750 bits per heavy atom. The van der Waals surface area contributed by atoms with Crippen LogP contribution < -0.4 is 5.32 Å². The van der Waals surface area contributed by atoms with E-state index in [1.54, 1.807) is 6.08 Å². The summed E-state index contributed by atoms with van der Waals surface area (Å²) in [6.07, 6.45) is 28.1. The Morgan fingerprint density at radius 3 is 1.69 bits per heavy atom. The molecule has 0 spiro atoms. The van der Waals surface area contributed by atoms with Gasteiger partial charge >= 0.3 is 5.97 Å². The second-order valence-corrected chi connectivity index (χ2v) is 9.85. The lowest BCUT2D eigenvalue weighted by Gasteiger charge is -2.22. The van der Waals surface area contributed by atoms with Crippen molar-refractivity contribution in [1.29, 1.82) is 0 Å². The number of carbonyl (C=O) groups is 2. The van der Waals surface area contributed by atoms with Gasteiger partial charge in [-0.15, -0.1) is 0 Å². The van der Waals surface area contributed by atoms with Crippen LogP contribution in [0.2, 0.25) is 0 Å². The molecule has 1 rings (SSSR count). The van der Waals surface area contributed by atoms with E-state index in [0.29, 0.717) is 0 Å². The lowest BCUT2D eigenvalue weighted by atomic mass is 9.95. The second-order valence-electron chi connectivity index (χ2n) is 9.85. The molecule has 0 aromatic carbocycles. The third kappa shape index (κ3) is 16.3. The van der Waals surface area contributed by atoms with E-state index in [1.807, 2.05) is 0 Å². The fourth-order valence-electron chi connectivity index (χ4n) is 4.73. The Labute approximate surface area is 198 Å². The summed E-state index contributed by atoms with van der Waals surface area (Å²) in [4.78, 5) is 23.7. The highest BCUT2D eigenvalue weighted by Gasteiger charge is 2.18. The van der Waals surface area contributed by atoms with Crippen molar-refractivity contribution >= 4 is 11.9 Å². The molecule has 0 aromatic rings. The first-order valence-electron chi connectivity index (χ1n) is 13.8. The summed E-state index contributed by atoms with van der Waals surface area (Å²) in [5.41, 5.74) is 0.253. The van der Waals surface area contributed by atoms with Gasteiger partial charge in [0.05, 0.1) is 6.42 Å². The van der Waals surface area contributed by atoms with Crippen molar-refractivity contribution in [2.75, 3.05) is 0 Å². The number of carboxylic acid groups (broad SMARTS) is 1. The van der Waals surface area contributed by atoms with Gasteiger partial charge in [0, 0.05) is 11.6 Å². The molecule has 1 saturated carbocycles. The topological polar surface area (TPSA) is 66.4 Å². The number of carboxylic acids is 1. The number of nitrogens with one attached hydrogen (secondary N) is 1. The van der Waals surface area contributed by atoms with Crippen LogP contribution >= 0.6 is 0 Å². The molecule has 1 aliphatic rings. The molecule has 0 bridgehead atoms. The van der Waals surface area contributed by atoms with Gasteiger partial charge in [0.1, 0.15) is 0 Å². The molecule has 0 heterocycles. The summed E-state index contributed by atoms with van der Waals surface area (Å²) in [6, 6.07) is 0.238. The highest BCUT2D eigenvalue weighted by atomic mass is 16.4. The quantitative estimate of drug-likeness (QED) is 0.146. The van der Waals surface area contributed by atoms with E-state index in [4.69, 9.17) is 0 Å². The Morgan fingerprint density at radius 2 is 1.22 bits per heavy atom. The van der Waals surface area contributed by atoms with Gasteiger partial charge < -0.3 is 10.4 Å². The third-order valence-electron chi connectivity index (χ3n) is 6.79. The van der Waals surface area contributed by atoms with E-state index in [0.717, 1.165) is 44.9 Å². The minimum absolute atomic E-state index is 0.00454. The van der Waals surface area contributed by atoms with Gasteiger partial charge in [0.15, 0.2) is 0 Å². The Bertz CT molecular complexity index is 509. The normalized spacial score (nSPS) is 15.1. The number of aliphatic carboxylic acids is 1. The maximum absolute atomic E-state index is 12.2. The molecule has 0 unspecified atom stereocenters. The van der Waals surface area contributed by atoms with E-state index >= 15 is 0 Å². The zero-order chi connectivity index (χ0) is 23.3.